The van der Waals surface area contributed by atoms with Crippen LogP contribution in [-0.2, 0) is 28.7 Å². The van der Waals surface area contributed by atoms with Gasteiger partial charge in [0.05, 0.1) is 24.2 Å². The second kappa shape index (κ2) is 4.01. The Kier molecular flexibility index (Phi) is 2.55. The first-order valence-electron chi connectivity index (χ1n) is 6.15. The first kappa shape index (κ1) is 12.1. The number of cyclic esters (lactones) is 4. The van der Waals surface area contributed by atoms with Gasteiger partial charge in [-0.25, -0.2) is 0 Å². The van der Waals surface area contributed by atoms with E-state index in [1.165, 1.54) is 0 Å². The molecule has 0 spiro atoms. The van der Waals surface area contributed by atoms with E-state index in [0.717, 1.165) is 5.57 Å². The monoisotopic (exact) mass is 264 g/mol. The minimum Gasteiger partial charge on any atom is -0.393 e. The number of carbonyl (C=O) groups is 4. The summed E-state index contributed by atoms with van der Waals surface area (Å²) in [5.74, 6) is -4.01. The van der Waals surface area contributed by atoms with Crippen LogP contribution in [0.25, 0.3) is 0 Å². The van der Waals surface area contributed by atoms with E-state index in [0.29, 0.717) is 6.42 Å². The van der Waals surface area contributed by atoms with E-state index in [4.69, 9.17) is 0 Å². The lowest BCUT2D eigenvalue weighted by Crippen LogP contribution is -2.31. The standard InChI is InChI=1S/C13H12O6/c1-5-2-6(7-4-9(14)18-11(7)15)3-8-10(5)13(17)19-12(8)16/h2,6-8,10H,3-4H2,1H3/t6-,7+,8+,10+/m0/s1. The minimum atomic E-state index is -0.549. The van der Waals surface area contributed by atoms with E-state index in [9.17, 15) is 19.2 Å². The molecule has 0 saturated carbocycles. The molecule has 3 rings (SSSR count). The van der Waals surface area contributed by atoms with Crippen LogP contribution in [-0.4, -0.2) is 23.9 Å². The summed E-state index contributed by atoms with van der Waals surface area (Å²) in [7, 11) is 0. The van der Waals surface area contributed by atoms with Crippen LogP contribution in [0.2, 0.25) is 0 Å². The molecule has 2 saturated heterocycles. The molecular weight excluding hydrogens is 252 g/mol. The van der Waals surface area contributed by atoms with Gasteiger partial charge < -0.3 is 9.47 Å². The Bertz CT molecular complexity index is 531. The summed E-state index contributed by atoms with van der Waals surface area (Å²) < 4.78 is 9.17. The van der Waals surface area contributed by atoms with Crippen molar-refractivity contribution >= 4 is 23.9 Å². The molecule has 2 heterocycles. The first-order valence-corrected chi connectivity index (χ1v) is 6.15. The van der Waals surface area contributed by atoms with Gasteiger partial charge in [-0.3, -0.25) is 19.2 Å². The maximum absolute atomic E-state index is 11.6. The summed E-state index contributed by atoms with van der Waals surface area (Å²) in [5.41, 5.74) is 0.726. The molecule has 100 valence electrons. The highest BCUT2D eigenvalue weighted by molar-refractivity contribution is 5.99. The van der Waals surface area contributed by atoms with Crippen LogP contribution in [0, 0.1) is 23.7 Å². The van der Waals surface area contributed by atoms with E-state index < -0.39 is 41.6 Å². The number of rotatable bonds is 1. The van der Waals surface area contributed by atoms with Gasteiger partial charge in [0, 0.05) is 0 Å². The Labute approximate surface area is 108 Å². The van der Waals surface area contributed by atoms with Crippen LogP contribution in [0.15, 0.2) is 11.6 Å². The lowest BCUT2D eigenvalue weighted by atomic mass is 9.72. The van der Waals surface area contributed by atoms with Crippen LogP contribution in [0.5, 0.6) is 0 Å². The Morgan fingerprint density at radius 3 is 2.32 bits per heavy atom. The van der Waals surface area contributed by atoms with Crippen molar-refractivity contribution in [1.29, 1.82) is 0 Å². The normalized spacial score (nSPS) is 37.8. The van der Waals surface area contributed by atoms with Crippen molar-refractivity contribution in [3.8, 4) is 0 Å². The van der Waals surface area contributed by atoms with E-state index in [1.54, 1.807) is 13.0 Å². The maximum Gasteiger partial charge on any atom is 0.321 e. The van der Waals surface area contributed by atoms with E-state index in [1.807, 2.05) is 0 Å². The second-order valence-electron chi connectivity index (χ2n) is 5.24. The summed E-state index contributed by atoms with van der Waals surface area (Å²) >= 11 is 0. The van der Waals surface area contributed by atoms with Crippen LogP contribution < -0.4 is 0 Å². The third-order valence-corrected chi connectivity index (χ3v) is 4.07. The summed E-state index contributed by atoms with van der Waals surface area (Å²) in [6.45, 7) is 1.74. The van der Waals surface area contributed by atoms with Crippen molar-refractivity contribution in [3.05, 3.63) is 11.6 Å². The average Bonchev–Trinajstić information content (AvgIpc) is 2.80. The van der Waals surface area contributed by atoms with Crippen LogP contribution in [0.4, 0.5) is 0 Å². The number of carbonyl (C=O) groups excluding carboxylic acids is 4. The average molecular weight is 264 g/mol. The molecule has 6 heteroatoms. The molecule has 0 unspecified atom stereocenters. The highest BCUT2D eigenvalue weighted by Crippen LogP contribution is 2.43. The topological polar surface area (TPSA) is 86.7 Å². The zero-order valence-corrected chi connectivity index (χ0v) is 10.3. The number of ether oxygens (including phenoxy) is 2. The Hall–Kier alpha value is -1.98. The third-order valence-electron chi connectivity index (χ3n) is 4.07. The van der Waals surface area contributed by atoms with Gasteiger partial charge in [0.15, 0.2) is 0 Å². The fourth-order valence-electron chi connectivity index (χ4n) is 3.18. The van der Waals surface area contributed by atoms with Gasteiger partial charge in [-0.2, -0.15) is 0 Å². The molecule has 0 bridgehead atoms. The molecule has 2 aliphatic heterocycles. The Morgan fingerprint density at radius 2 is 1.68 bits per heavy atom. The van der Waals surface area contributed by atoms with Gasteiger partial charge in [0.2, 0.25) is 0 Å². The van der Waals surface area contributed by atoms with Crippen molar-refractivity contribution in [2.24, 2.45) is 23.7 Å². The van der Waals surface area contributed by atoms with Gasteiger partial charge in [-0.1, -0.05) is 11.6 Å². The van der Waals surface area contributed by atoms with Crippen LogP contribution >= 0.6 is 0 Å². The molecule has 19 heavy (non-hydrogen) atoms. The van der Waals surface area contributed by atoms with Gasteiger partial charge in [0.25, 0.3) is 0 Å². The molecule has 6 nitrogen and oxygen atoms in total. The van der Waals surface area contributed by atoms with Crippen molar-refractivity contribution in [1.82, 2.24) is 0 Å². The van der Waals surface area contributed by atoms with Gasteiger partial charge in [-0.05, 0) is 19.3 Å². The molecule has 0 aromatic carbocycles. The summed E-state index contributed by atoms with van der Waals surface area (Å²) in [6.07, 6.45) is 2.18. The highest BCUT2D eigenvalue weighted by atomic mass is 16.6. The van der Waals surface area contributed by atoms with Gasteiger partial charge in [0.1, 0.15) is 0 Å². The zero-order valence-electron chi connectivity index (χ0n) is 10.3. The molecule has 0 N–H and O–H groups in total. The number of esters is 4. The fourth-order valence-corrected chi connectivity index (χ4v) is 3.18. The van der Waals surface area contributed by atoms with E-state index in [2.05, 4.69) is 9.47 Å². The summed E-state index contributed by atoms with van der Waals surface area (Å²) in [6, 6.07) is 0. The van der Waals surface area contributed by atoms with E-state index >= 15 is 0 Å². The smallest absolute Gasteiger partial charge is 0.321 e. The molecule has 0 amide bonds. The summed E-state index contributed by atoms with van der Waals surface area (Å²) in [5, 5.41) is 0. The molecule has 0 aromatic heterocycles. The van der Waals surface area contributed by atoms with Crippen molar-refractivity contribution in [2.45, 2.75) is 19.8 Å². The van der Waals surface area contributed by atoms with Crippen molar-refractivity contribution < 1.29 is 28.7 Å². The lowest BCUT2D eigenvalue weighted by Gasteiger charge is -2.27. The number of fused-ring (bicyclic) bond motifs is 1. The number of allylic oxidation sites excluding steroid dienone is 1. The lowest BCUT2D eigenvalue weighted by molar-refractivity contribution is -0.155. The maximum atomic E-state index is 11.6. The number of hydrogen-bond donors (Lipinski definition) is 0. The minimum absolute atomic E-state index is 0.0354. The SMILES string of the molecule is CC1=C[C@H]([C@H]2CC(=O)OC2=O)C[C@H]2C(=O)OC(=O)[C@H]12. The van der Waals surface area contributed by atoms with Gasteiger partial charge in [-0.15, -0.1) is 0 Å². The van der Waals surface area contributed by atoms with Crippen LogP contribution in [0.1, 0.15) is 19.8 Å². The van der Waals surface area contributed by atoms with Crippen molar-refractivity contribution in [3.63, 3.8) is 0 Å². The van der Waals surface area contributed by atoms with Gasteiger partial charge >= 0.3 is 23.9 Å². The van der Waals surface area contributed by atoms with Crippen molar-refractivity contribution in [2.75, 3.05) is 0 Å². The highest BCUT2D eigenvalue weighted by Gasteiger charge is 2.51. The third kappa shape index (κ3) is 1.78. The molecule has 2 fully saturated rings. The molecule has 0 aromatic rings. The fraction of sp³-hybridized carbons (Fsp3) is 0.538. The molecule has 0 radical (unpaired) electrons. The molecule has 4 atom stereocenters. The first-order chi connectivity index (χ1) is 8.97. The second-order valence-corrected chi connectivity index (χ2v) is 5.24. The predicted octanol–water partition coefficient (Wildman–Crippen LogP) is 0.358. The zero-order chi connectivity index (χ0) is 13.7. The molecule has 1 aliphatic carbocycles. The molecule has 3 aliphatic rings. The number of hydrogen-bond acceptors (Lipinski definition) is 6. The van der Waals surface area contributed by atoms with Crippen LogP contribution in [0.3, 0.4) is 0 Å². The molecular formula is C13H12O6. The largest absolute Gasteiger partial charge is 0.393 e. The summed E-state index contributed by atoms with van der Waals surface area (Å²) in [4.78, 5) is 45.9. The van der Waals surface area contributed by atoms with E-state index in [-0.39, 0.29) is 12.3 Å². The Balaban J connectivity index is 1.89. The predicted molar refractivity (Wildman–Crippen MR) is 59.1 cm³/mol. The Morgan fingerprint density at radius 1 is 1.00 bits per heavy atom. The quantitative estimate of drug-likeness (QED) is 0.386.